The first-order valence-electron chi connectivity index (χ1n) is 10.4. The second kappa shape index (κ2) is 9.44. The number of anilines is 1. The van der Waals surface area contributed by atoms with E-state index in [4.69, 9.17) is 10.1 Å². The smallest absolute Gasteiger partial charge is 0.276 e. The van der Waals surface area contributed by atoms with Gasteiger partial charge in [0.1, 0.15) is 5.70 Å². The number of hydrazone groups is 1. The molecule has 2 aliphatic rings. The molecule has 2 heterocycles. The van der Waals surface area contributed by atoms with E-state index in [0.29, 0.717) is 10.9 Å². The minimum atomic E-state index is -0.392. The first kappa shape index (κ1) is 21.9. The fourth-order valence-corrected chi connectivity index (χ4v) is 4.81. The topological polar surface area (TPSA) is 60.3 Å². The zero-order valence-electron chi connectivity index (χ0n) is 17.9. The van der Waals surface area contributed by atoms with Gasteiger partial charge in [0.05, 0.1) is 5.36 Å². The fraction of sp³-hybridized carbons (Fsp3) is 0.348. The molecular weight excluding hydrogens is 474 g/mol. The van der Waals surface area contributed by atoms with E-state index in [2.05, 4.69) is 57.3 Å². The van der Waals surface area contributed by atoms with Gasteiger partial charge in [-0.2, -0.15) is 0 Å². The van der Waals surface area contributed by atoms with E-state index in [9.17, 15) is 4.79 Å². The van der Waals surface area contributed by atoms with Crippen molar-refractivity contribution in [3.63, 3.8) is 0 Å². The van der Waals surface area contributed by atoms with Gasteiger partial charge in [-0.25, -0.2) is 5.01 Å². The van der Waals surface area contributed by atoms with Gasteiger partial charge in [-0.15, -0.1) is 5.10 Å². The Morgan fingerprint density at radius 2 is 1.94 bits per heavy atom. The van der Waals surface area contributed by atoms with Gasteiger partial charge in [-0.05, 0) is 42.3 Å². The SMILES string of the molecule is CCCCCSC1=NN2C(=c3cc(Br)ccc3=N[C@@H]2c2ccc(N(C)C)cc2)C(=O)N1. The molecule has 31 heavy (non-hydrogen) atoms. The summed E-state index contributed by atoms with van der Waals surface area (Å²) >= 11 is 5.11. The molecule has 0 radical (unpaired) electrons. The number of fused-ring (bicyclic) bond motifs is 2. The number of amides is 1. The molecular formula is C23H26BrN5OS. The number of rotatable bonds is 6. The highest BCUT2D eigenvalue weighted by Gasteiger charge is 2.34. The number of amidine groups is 1. The number of carbonyl (C=O) groups excluding carboxylic acids is 1. The molecule has 0 bridgehead atoms. The number of halogens is 1. The Kier molecular flexibility index (Phi) is 6.67. The third-order valence-corrected chi connectivity index (χ3v) is 6.71. The van der Waals surface area contributed by atoms with Crippen molar-refractivity contribution in [2.24, 2.45) is 10.1 Å². The third kappa shape index (κ3) is 4.65. The molecule has 8 heteroatoms. The normalized spacial score (nSPS) is 17.4. The highest BCUT2D eigenvalue weighted by molar-refractivity contribution is 9.10. The van der Waals surface area contributed by atoms with E-state index in [1.54, 1.807) is 16.8 Å². The van der Waals surface area contributed by atoms with Crippen LogP contribution in [0.4, 0.5) is 5.69 Å². The van der Waals surface area contributed by atoms with Crippen molar-refractivity contribution in [3.8, 4) is 0 Å². The second-order valence-electron chi connectivity index (χ2n) is 7.76. The Hall–Kier alpha value is -2.32. The summed E-state index contributed by atoms with van der Waals surface area (Å²) in [5, 5.41) is 11.8. The van der Waals surface area contributed by atoms with E-state index in [-0.39, 0.29) is 5.91 Å². The molecule has 2 aliphatic heterocycles. The minimum Gasteiger partial charge on any atom is -0.378 e. The molecule has 2 aromatic carbocycles. The Labute approximate surface area is 195 Å². The summed E-state index contributed by atoms with van der Waals surface area (Å²) in [5.41, 5.74) is 2.64. The van der Waals surface area contributed by atoms with Crippen LogP contribution in [0.1, 0.15) is 37.9 Å². The molecule has 0 unspecified atom stereocenters. The molecule has 0 aromatic heterocycles. The van der Waals surface area contributed by atoms with E-state index in [0.717, 1.165) is 38.5 Å². The Morgan fingerprint density at radius 1 is 1.16 bits per heavy atom. The molecule has 0 spiro atoms. The Morgan fingerprint density at radius 3 is 2.65 bits per heavy atom. The summed E-state index contributed by atoms with van der Waals surface area (Å²) in [6.45, 7) is 2.18. The van der Waals surface area contributed by atoms with Crippen LogP contribution in [0.2, 0.25) is 0 Å². The quantitative estimate of drug-likeness (QED) is 0.617. The van der Waals surface area contributed by atoms with Crippen LogP contribution in [0.15, 0.2) is 57.0 Å². The fourth-order valence-electron chi connectivity index (χ4n) is 3.60. The van der Waals surface area contributed by atoms with Crippen LogP contribution in [0, 0.1) is 0 Å². The molecule has 162 valence electrons. The summed E-state index contributed by atoms with van der Waals surface area (Å²) in [6.07, 6.45) is 3.05. The van der Waals surface area contributed by atoms with Crippen LogP contribution >= 0.6 is 27.7 Å². The summed E-state index contributed by atoms with van der Waals surface area (Å²) in [4.78, 5) is 20.2. The van der Waals surface area contributed by atoms with Gasteiger partial charge in [-0.3, -0.25) is 15.1 Å². The molecule has 1 amide bonds. The number of hydrogen-bond donors (Lipinski definition) is 1. The Bertz CT molecular complexity index is 1130. The number of nitrogens with one attached hydrogen (secondary N) is 1. The van der Waals surface area contributed by atoms with Gasteiger partial charge in [0.2, 0.25) is 0 Å². The lowest BCUT2D eigenvalue weighted by atomic mass is 10.1. The van der Waals surface area contributed by atoms with Crippen molar-refractivity contribution in [3.05, 3.63) is 63.1 Å². The zero-order chi connectivity index (χ0) is 22.0. The number of thioether (sulfide) groups is 1. The summed E-state index contributed by atoms with van der Waals surface area (Å²) in [7, 11) is 4.03. The average molecular weight is 500 g/mol. The lowest BCUT2D eigenvalue weighted by Gasteiger charge is -2.34. The van der Waals surface area contributed by atoms with Crippen molar-refractivity contribution in [1.29, 1.82) is 0 Å². The van der Waals surface area contributed by atoms with Gasteiger partial charge in [0, 0.05) is 35.2 Å². The summed E-state index contributed by atoms with van der Waals surface area (Å²) in [6, 6.07) is 14.1. The maximum Gasteiger partial charge on any atom is 0.276 e. The van der Waals surface area contributed by atoms with Gasteiger partial charge in [0.15, 0.2) is 11.3 Å². The molecule has 1 atom stereocenters. The predicted octanol–water partition coefficient (Wildman–Crippen LogP) is 3.58. The molecule has 6 nitrogen and oxygen atoms in total. The largest absolute Gasteiger partial charge is 0.378 e. The van der Waals surface area contributed by atoms with Crippen LogP contribution in [-0.4, -0.2) is 35.9 Å². The van der Waals surface area contributed by atoms with Crippen LogP contribution in [0.5, 0.6) is 0 Å². The van der Waals surface area contributed by atoms with Gasteiger partial charge in [-0.1, -0.05) is 59.6 Å². The van der Waals surface area contributed by atoms with Crippen LogP contribution < -0.4 is 20.8 Å². The number of unbranched alkanes of at least 4 members (excludes halogenated alkanes) is 2. The maximum atomic E-state index is 13.2. The molecule has 0 saturated carbocycles. The van der Waals surface area contributed by atoms with Crippen molar-refractivity contribution in [2.45, 2.75) is 32.4 Å². The lowest BCUT2D eigenvalue weighted by molar-refractivity contribution is -0.116. The monoisotopic (exact) mass is 499 g/mol. The van der Waals surface area contributed by atoms with Crippen LogP contribution in [-0.2, 0) is 4.79 Å². The van der Waals surface area contributed by atoms with Crippen molar-refractivity contribution >= 4 is 50.2 Å². The molecule has 1 N–H and O–H groups in total. The minimum absolute atomic E-state index is 0.142. The third-order valence-electron chi connectivity index (χ3n) is 5.26. The summed E-state index contributed by atoms with van der Waals surface area (Å²) in [5.74, 6) is 0.787. The van der Waals surface area contributed by atoms with E-state index in [1.165, 1.54) is 12.8 Å². The van der Waals surface area contributed by atoms with Crippen LogP contribution in [0.25, 0.3) is 5.70 Å². The van der Waals surface area contributed by atoms with Crippen molar-refractivity contribution < 1.29 is 4.79 Å². The molecule has 4 rings (SSSR count). The number of benzene rings is 2. The molecule has 0 aliphatic carbocycles. The maximum absolute atomic E-state index is 13.2. The number of nitrogens with zero attached hydrogens (tertiary/aromatic N) is 4. The lowest BCUT2D eigenvalue weighted by Crippen LogP contribution is -2.50. The Balaban J connectivity index is 1.78. The number of carbonyl (C=O) groups is 1. The first-order chi connectivity index (χ1) is 15.0. The van der Waals surface area contributed by atoms with Gasteiger partial charge >= 0.3 is 0 Å². The molecule has 0 saturated heterocycles. The van der Waals surface area contributed by atoms with E-state index >= 15 is 0 Å². The highest BCUT2D eigenvalue weighted by Crippen LogP contribution is 2.31. The van der Waals surface area contributed by atoms with Crippen molar-refractivity contribution in [1.82, 2.24) is 10.3 Å². The molecule has 0 fully saturated rings. The zero-order valence-corrected chi connectivity index (χ0v) is 20.3. The standard InChI is InChI=1S/C23H26BrN5OS/c1-4-5-6-13-31-23-26-22(30)20-18-14-16(24)9-12-19(18)25-21(29(20)27-23)15-7-10-17(11-8-15)28(2)3/h7-12,14,21H,4-6,13H2,1-3H3,(H,26,27,30)/t21-/m0/s1. The second-order valence-corrected chi connectivity index (χ2v) is 9.76. The van der Waals surface area contributed by atoms with E-state index < -0.39 is 6.17 Å². The number of hydrogen-bond acceptors (Lipinski definition) is 6. The predicted molar refractivity (Wildman–Crippen MR) is 131 cm³/mol. The van der Waals surface area contributed by atoms with Gasteiger partial charge in [0.25, 0.3) is 5.91 Å². The van der Waals surface area contributed by atoms with Gasteiger partial charge < -0.3 is 4.90 Å². The van der Waals surface area contributed by atoms with E-state index in [1.807, 2.05) is 32.3 Å². The van der Waals surface area contributed by atoms with Crippen molar-refractivity contribution in [2.75, 3.05) is 24.7 Å². The summed E-state index contributed by atoms with van der Waals surface area (Å²) < 4.78 is 0.902. The molecule has 2 aromatic rings. The van der Waals surface area contributed by atoms with Crippen LogP contribution in [0.3, 0.4) is 0 Å². The first-order valence-corrected chi connectivity index (χ1v) is 12.2. The highest BCUT2D eigenvalue weighted by atomic mass is 79.9. The average Bonchev–Trinajstić information content (AvgIpc) is 2.76.